The molecule has 0 spiro atoms. The number of H-pyrrole nitrogens is 1. The predicted octanol–water partition coefficient (Wildman–Crippen LogP) is 2.73. The Morgan fingerprint density at radius 3 is 2.55 bits per heavy atom. The first-order valence-corrected chi connectivity index (χ1v) is 8.65. The number of nitrogens with one attached hydrogen (secondary N) is 2. The van der Waals surface area contributed by atoms with Crippen molar-refractivity contribution in [2.75, 3.05) is 12.8 Å². The van der Waals surface area contributed by atoms with Gasteiger partial charge in [0.05, 0.1) is 9.77 Å². The maximum Gasteiger partial charge on any atom is 0.153 e. The molecule has 4 nitrogen and oxygen atoms in total. The number of aromatic nitrogens is 1. The molecule has 1 heterocycles. The Bertz CT molecular complexity index is 720. The second-order valence-corrected chi connectivity index (χ2v) is 8.63. The smallest absolute Gasteiger partial charge is 0.153 e. The number of aromatic amines is 1. The lowest BCUT2D eigenvalue weighted by atomic mass is 10.2. The van der Waals surface area contributed by atoms with Gasteiger partial charge < -0.3 is 10.3 Å². The Kier molecular flexibility index (Phi) is 4.14. The molecule has 0 atom stereocenters. The molecule has 6 heteroatoms. The van der Waals surface area contributed by atoms with Gasteiger partial charge in [-0.3, -0.25) is 0 Å². The highest BCUT2D eigenvalue weighted by atomic mass is 35.5. The van der Waals surface area contributed by atoms with Gasteiger partial charge in [-0.05, 0) is 19.9 Å². The monoisotopic (exact) mass is 314 g/mol. The van der Waals surface area contributed by atoms with Crippen LogP contribution in [-0.2, 0) is 16.4 Å². The van der Waals surface area contributed by atoms with Gasteiger partial charge in [-0.2, -0.15) is 0 Å². The molecular weight excluding hydrogens is 296 g/mol. The van der Waals surface area contributed by atoms with Crippen molar-refractivity contribution in [2.24, 2.45) is 0 Å². The van der Waals surface area contributed by atoms with Gasteiger partial charge in [-0.25, -0.2) is 8.42 Å². The van der Waals surface area contributed by atoms with Gasteiger partial charge in [-0.1, -0.05) is 29.8 Å². The summed E-state index contributed by atoms with van der Waals surface area (Å²) in [6, 6.07) is 7.80. The van der Waals surface area contributed by atoms with Gasteiger partial charge >= 0.3 is 0 Å². The number of halogens is 1. The molecule has 1 aromatic heterocycles. The highest BCUT2D eigenvalue weighted by Crippen LogP contribution is 2.27. The van der Waals surface area contributed by atoms with Gasteiger partial charge in [0, 0.05) is 35.9 Å². The molecule has 0 bridgehead atoms. The van der Waals surface area contributed by atoms with Gasteiger partial charge in [0.1, 0.15) is 0 Å². The van der Waals surface area contributed by atoms with E-state index in [1.165, 1.54) is 6.26 Å². The molecule has 2 aromatic rings. The second-order valence-electron chi connectivity index (χ2n) is 5.60. The van der Waals surface area contributed by atoms with Crippen LogP contribution in [0.3, 0.4) is 0 Å². The van der Waals surface area contributed by atoms with E-state index in [1.807, 2.05) is 24.3 Å². The molecule has 0 aliphatic rings. The number of hydrogen-bond acceptors (Lipinski definition) is 3. The SMILES string of the molecule is CC(C)(CNCc1[nH]c2ccccc2c1Cl)S(C)(=O)=O. The summed E-state index contributed by atoms with van der Waals surface area (Å²) in [6.07, 6.45) is 1.25. The topological polar surface area (TPSA) is 62.0 Å². The lowest BCUT2D eigenvalue weighted by Gasteiger charge is -2.22. The number of rotatable bonds is 5. The number of fused-ring (bicyclic) bond motifs is 1. The van der Waals surface area contributed by atoms with E-state index in [-0.39, 0.29) is 0 Å². The maximum atomic E-state index is 11.6. The van der Waals surface area contributed by atoms with Crippen LogP contribution in [0.4, 0.5) is 0 Å². The van der Waals surface area contributed by atoms with Crippen molar-refractivity contribution in [3.63, 3.8) is 0 Å². The van der Waals surface area contributed by atoms with Crippen LogP contribution in [0.5, 0.6) is 0 Å². The molecule has 0 fully saturated rings. The highest BCUT2D eigenvalue weighted by molar-refractivity contribution is 7.92. The number of sulfone groups is 1. The van der Waals surface area contributed by atoms with Crippen molar-refractivity contribution in [3.05, 3.63) is 35.0 Å². The third-order valence-electron chi connectivity index (χ3n) is 3.57. The Hall–Kier alpha value is -1.04. The molecular formula is C14H19ClN2O2S. The second kappa shape index (κ2) is 5.39. The molecule has 0 amide bonds. The maximum absolute atomic E-state index is 11.6. The fourth-order valence-electron chi connectivity index (χ4n) is 1.90. The lowest BCUT2D eigenvalue weighted by molar-refractivity contribution is 0.520. The molecule has 2 N–H and O–H groups in total. The molecule has 0 aliphatic carbocycles. The summed E-state index contributed by atoms with van der Waals surface area (Å²) in [7, 11) is -3.10. The average molecular weight is 315 g/mol. The summed E-state index contributed by atoms with van der Waals surface area (Å²) < 4.78 is 22.5. The average Bonchev–Trinajstić information content (AvgIpc) is 2.66. The van der Waals surface area contributed by atoms with Crippen molar-refractivity contribution in [1.82, 2.24) is 10.3 Å². The van der Waals surface area contributed by atoms with E-state index >= 15 is 0 Å². The van der Waals surface area contributed by atoms with E-state index in [2.05, 4.69) is 10.3 Å². The third kappa shape index (κ3) is 3.00. The lowest BCUT2D eigenvalue weighted by Crippen LogP contribution is -2.41. The largest absolute Gasteiger partial charge is 0.356 e. The molecule has 20 heavy (non-hydrogen) atoms. The summed E-state index contributed by atoms with van der Waals surface area (Å²) >= 11 is 6.31. The Morgan fingerprint density at radius 1 is 1.30 bits per heavy atom. The Balaban J connectivity index is 2.09. The molecule has 0 radical (unpaired) electrons. The van der Waals surface area contributed by atoms with Crippen LogP contribution in [0.2, 0.25) is 5.02 Å². The van der Waals surface area contributed by atoms with Crippen LogP contribution in [0, 0.1) is 0 Å². The predicted molar refractivity (Wildman–Crippen MR) is 83.9 cm³/mol. The molecule has 110 valence electrons. The van der Waals surface area contributed by atoms with Crippen LogP contribution < -0.4 is 5.32 Å². The van der Waals surface area contributed by atoms with Gasteiger partial charge in [0.15, 0.2) is 9.84 Å². The quantitative estimate of drug-likeness (QED) is 0.892. The van der Waals surface area contributed by atoms with Gasteiger partial charge in [-0.15, -0.1) is 0 Å². The fraction of sp³-hybridized carbons (Fsp3) is 0.429. The Labute approximate surface area is 124 Å². The van der Waals surface area contributed by atoms with Crippen molar-refractivity contribution >= 4 is 32.3 Å². The molecule has 1 aromatic carbocycles. The van der Waals surface area contributed by atoms with E-state index in [0.717, 1.165) is 16.6 Å². The summed E-state index contributed by atoms with van der Waals surface area (Å²) in [6.45, 7) is 4.30. The minimum absolute atomic E-state index is 0.373. The number of hydrogen-bond donors (Lipinski definition) is 2. The summed E-state index contributed by atoms with van der Waals surface area (Å²) in [5.41, 5.74) is 1.86. The number of para-hydroxylation sites is 1. The zero-order chi connectivity index (χ0) is 15.0. The zero-order valence-corrected chi connectivity index (χ0v) is 13.4. The fourth-order valence-corrected chi connectivity index (χ4v) is 2.55. The van der Waals surface area contributed by atoms with Crippen LogP contribution in [0.1, 0.15) is 19.5 Å². The molecule has 0 unspecified atom stereocenters. The summed E-state index contributed by atoms with van der Waals surface area (Å²) in [4.78, 5) is 3.24. The van der Waals surface area contributed by atoms with Crippen LogP contribution in [0.15, 0.2) is 24.3 Å². The van der Waals surface area contributed by atoms with E-state index in [4.69, 9.17) is 11.6 Å². The first kappa shape index (κ1) is 15.4. The van der Waals surface area contributed by atoms with E-state index in [0.29, 0.717) is 18.1 Å². The molecule has 0 saturated heterocycles. The van der Waals surface area contributed by atoms with E-state index < -0.39 is 14.6 Å². The Morgan fingerprint density at radius 2 is 1.95 bits per heavy atom. The first-order valence-electron chi connectivity index (χ1n) is 6.38. The summed E-state index contributed by atoms with van der Waals surface area (Å²) in [5, 5.41) is 4.82. The van der Waals surface area contributed by atoms with Crippen molar-refractivity contribution in [3.8, 4) is 0 Å². The van der Waals surface area contributed by atoms with Crippen molar-refractivity contribution in [1.29, 1.82) is 0 Å². The summed E-state index contributed by atoms with van der Waals surface area (Å²) in [5.74, 6) is 0. The van der Waals surface area contributed by atoms with E-state index in [9.17, 15) is 8.42 Å². The van der Waals surface area contributed by atoms with Crippen molar-refractivity contribution < 1.29 is 8.42 Å². The first-order chi connectivity index (χ1) is 9.22. The van der Waals surface area contributed by atoms with Crippen LogP contribution >= 0.6 is 11.6 Å². The van der Waals surface area contributed by atoms with Crippen LogP contribution in [0.25, 0.3) is 10.9 Å². The third-order valence-corrected chi connectivity index (χ3v) is 6.15. The molecule has 0 aliphatic heterocycles. The number of benzene rings is 1. The highest BCUT2D eigenvalue weighted by Gasteiger charge is 2.29. The normalized spacial score (nSPS) is 13.0. The minimum Gasteiger partial charge on any atom is -0.356 e. The molecule has 0 saturated carbocycles. The van der Waals surface area contributed by atoms with Gasteiger partial charge in [0.25, 0.3) is 0 Å². The minimum atomic E-state index is -3.10. The standard InChI is InChI=1S/C14H19ClN2O2S/c1-14(2,20(3,18)19)9-16-8-12-13(15)10-6-4-5-7-11(10)17-12/h4-7,16-17H,8-9H2,1-3H3. The molecule has 2 rings (SSSR count). The van der Waals surface area contributed by atoms with Gasteiger partial charge in [0.2, 0.25) is 0 Å². The van der Waals surface area contributed by atoms with E-state index in [1.54, 1.807) is 13.8 Å². The van der Waals surface area contributed by atoms with Crippen LogP contribution in [-0.4, -0.2) is 30.9 Å². The van der Waals surface area contributed by atoms with Crippen molar-refractivity contribution in [2.45, 2.75) is 25.1 Å². The zero-order valence-electron chi connectivity index (χ0n) is 11.8.